The average Bonchev–Trinajstić information content (AvgIpc) is 3.73. The van der Waals surface area contributed by atoms with E-state index < -0.39 is 16.4 Å². The first-order valence-electron chi connectivity index (χ1n) is 22.0. The summed E-state index contributed by atoms with van der Waals surface area (Å²) in [5.74, 6) is 2.79. The van der Waals surface area contributed by atoms with Crippen molar-refractivity contribution in [3.05, 3.63) is 0 Å². The summed E-state index contributed by atoms with van der Waals surface area (Å²) in [4.78, 5) is 48.3. The Bertz CT molecular complexity index is 1400. The van der Waals surface area contributed by atoms with Crippen LogP contribution in [0.1, 0.15) is 179 Å². The Morgan fingerprint density at radius 1 is 0.745 bits per heavy atom. The van der Waals surface area contributed by atoms with E-state index in [0.717, 1.165) is 63.7 Å². The molecule has 1 aliphatic heterocycles. The van der Waals surface area contributed by atoms with Gasteiger partial charge >= 0.3 is 23.9 Å². The lowest BCUT2D eigenvalue weighted by atomic mass is 9.52. The largest absolute Gasteiger partial charge is 0.459 e. The van der Waals surface area contributed by atoms with Crippen LogP contribution >= 0.6 is 0 Å². The number of rotatable bonds is 10. The summed E-state index contributed by atoms with van der Waals surface area (Å²) in [6.07, 6.45) is 14.4. The molecule has 7 atom stereocenters. The smallest absolute Gasteiger partial charge is 0.312 e. The second-order valence-corrected chi connectivity index (χ2v) is 21.7. The van der Waals surface area contributed by atoms with Gasteiger partial charge < -0.3 is 24.1 Å². The molecule has 1 N–H and O–H groups in total. The summed E-state index contributed by atoms with van der Waals surface area (Å²) in [6, 6.07) is 0. The lowest BCUT2D eigenvalue weighted by Crippen LogP contribution is -2.61. The van der Waals surface area contributed by atoms with E-state index in [-0.39, 0.29) is 58.6 Å². The van der Waals surface area contributed by atoms with Crippen molar-refractivity contribution in [1.29, 1.82) is 0 Å². The van der Waals surface area contributed by atoms with Gasteiger partial charge in [0.1, 0.15) is 23.4 Å². The first kappa shape index (κ1) is 44.0. The predicted octanol–water partition coefficient (Wildman–Crippen LogP) is 9.54. The van der Waals surface area contributed by atoms with Crippen LogP contribution < -0.4 is 0 Å². The third-order valence-electron chi connectivity index (χ3n) is 15.6. The maximum Gasteiger partial charge on any atom is 0.312 e. The molecule has 0 radical (unpaired) electrons. The summed E-state index contributed by atoms with van der Waals surface area (Å²) >= 11 is 0. The molecular formula is C46H76O9. The fourth-order valence-electron chi connectivity index (χ4n) is 10.8. The Hall–Kier alpha value is -2.16. The van der Waals surface area contributed by atoms with Crippen molar-refractivity contribution in [3.63, 3.8) is 0 Å². The molecule has 6 bridgehead atoms. The SMILES string of the molecule is CCC(C)(C)C(=O)OC(C)(C)C1CCC(C)CC1.CCC(C)(C)C(=O)OC12CC3CC(CC(O)(C3)C1)C2.CCC(C)(C)C(=O)OC1C2CC3C(=O)OC1C3C2. The lowest BCUT2D eigenvalue weighted by Gasteiger charge is -2.59. The second kappa shape index (κ2) is 15.9. The van der Waals surface area contributed by atoms with Gasteiger partial charge in [0.05, 0.1) is 27.8 Å². The minimum Gasteiger partial charge on any atom is -0.459 e. The number of hydrogen-bond acceptors (Lipinski definition) is 9. The topological polar surface area (TPSA) is 125 Å². The molecule has 9 nitrogen and oxygen atoms in total. The van der Waals surface area contributed by atoms with E-state index in [4.69, 9.17) is 18.9 Å². The van der Waals surface area contributed by atoms with Crippen LogP contribution in [0.4, 0.5) is 0 Å². The minimum atomic E-state index is -0.555. The molecular weight excluding hydrogens is 696 g/mol. The van der Waals surface area contributed by atoms with Crippen LogP contribution in [0.25, 0.3) is 0 Å². The van der Waals surface area contributed by atoms with E-state index >= 15 is 0 Å². The molecule has 0 aromatic carbocycles. The maximum absolute atomic E-state index is 12.4. The molecule has 8 rings (SSSR count). The number of carbonyl (C=O) groups is 4. The Balaban J connectivity index is 0.000000158. The van der Waals surface area contributed by atoms with Crippen LogP contribution in [-0.4, -0.2) is 58.0 Å². The van der Waals surface area contributed by atoms with Crippen LogP contribution in [0.15, 0.2) is 0 Å². The summed E-state index contributed by atoms with van der Waals surface area (Å²) < 4.78 is 22.8. The Morgan fingerprint density at radius 2 is 1.27 bits per heavy atom. The summed E-state index contributed by atoms with van der Waals surface area (Å²) in [7, 11) is 0. The zero-order valence-electron chi connectivity index (χ0n) is 36.5. The van der Waals surface area contributed by atoms with Gasteiger partial charge in [-0.3, -0.25) is 19.2 Å². The predicted molar refractivity (Wildman–Crippen MR) is 211 cm³/mol. The molecule has 7 unspecified atom stereocenters. The molecule has 55 heavy (non-hydrogen) atoms. The normalized spacial score (nSPS) is 37.3. The molecule has 314 valence electrons. The number of hydrogen-bond donors (Lipinski definition) is 1. The second-order valence-electron chi connectivity index (χ2n) is 21.7. The number of carbonyl (C=O) groups excluding carboxylic acids is 4. The van der Waals surface area contributed by atoms with Gasteiger partial charge in [-0.05, 0) is 156 Å². The van der Waals surface area contributed by atoms with E-state index in [9.17, 15) is 24.3 Å². The van der Waals surface area contributed by atoms with Crippen LogP contribution in [-0.2, 0) is 38.1 Å². The summed E-state index contributed by atoms with van der Waals surface area (Å²) in [6.45, 7) is 24.1. The highest BCUT2D eigenvalue weighted by molar-refractivity contribution is 5.79. The Morgan fingerprint density at radius 3 is 1.80 bits per heavy atom. The fourth-order valence-corrected chi connectivity index (χ4v) is 10.8. The first-order valence-corrected chi connectivity index (χ1v) is 22.0. The van der Waals surface area contributed by atoms with Crippen LogP contribution in [0.5, 0.6) is 0 Å². The molecule has 8 aliphatic rings. The molecule has 1 saturated heterocycles. The third-order valence-corrected chi connectivity index (χ3v) is 15.6. The number of esters is 4. The third kappa shape index (κ3) is 9.43. The number of aliphatic hydroxyl groups is 1. The number of fused-ring (bicyclic) bond motifs is 1. The van der Waals surface area contributed by atoms with Crippen LogP contribution in [0, 0.1) is 57.7 Å². The zero-order valence-corrected chi connectivity index (χ0v) is 36.5. The molecule has 9 heteroatoms. The molecule has 0 aromatic heterocycles. The van der Waals surface area contributed by atoms with Crippen molar-refractivity contribution < 1.29 is 43.2 Å². The van der Waals surface area contributed by atoms with E-state index in [1.807, 2.05) is 62.3 Å². The van der Waals surface area contributed by atoms with Gasteiger partial charge in [0.15, 0.2) is 0 Å². The van der Waals surface area contributed by atoms with E-state index in [2.05, 4.69) is 20.8 Å². The van der Waals surface area contributed by atoms with Gasteiger partial charge in [-0.25, -0.2) is 0 Å². The van der Waals surface area contributed by atoms with Crippen molar-refractivity contribution in [1.82, 2.24) is 0 Å². The van der Waals surface area contributed by atoms with Crippen molar-refractivity contribution in [2.75, 3.05) is 0 Å². The Kier molecular flexibility index (Phi) is 12.7. The van der Waals surface area contributed by atoms with Crippen molar-refractivity contribution in [2.45, 2.75) is 208 Å². The summed E-state index contributed by atoms with van der Waals surface area (Å²) in [5.41, 5.74) is -2.46. The van der Waals surface area contributed by atoms with Crippen LogP contribution in [0.2, 0.25) is 0 Å². The van der Waals surface area contributed by atoms with Crippen molar-refractivity contribution >= 4 is 23.9 Å². The van der Waals surface area contributed by atoms with Gasteiger partial charge in [-0.2, -0.15) is 0 Å². The van der Waals surface area contributed by atoms with Gasteiger partial charge in [0.2, 0.25) is 0 Å². The minimum absolute atomic E-state index is 0.0476. The summed E-state index contributed by atoms with van der Waals surface area (Å²) in [5, 5.41) is 10.6. The number of ether oxygens (including phenoxy) is 4. The quantitative estimate of drug-likeness (QED) is 0.171. The maximum atomic E-state index is 12.4. The molecule has 7 saturated carbocycles. The van der Waals surface area contributed by atoms with Gasteiger partial charge in [0.25, 0.3) is 0 Å². The standard InChI is InChI=1S/C16H26O3.C16H30O2.C14H20O4/c1-4-14(2,3)13(17)19-16-8-11-5-12(9-16)7-15(18,6-11)10-16;1-7-15(3,4)14(17)18-16(5,6)13-10-8-12(2)9-11-13;1-4-14(2,3)13(16)18-10-7-5-8-9(6-7)12(15)17-11(8)10/h11-12,18H,4-10H2,1-3H3;12-13H,7-11H2,1-6H3;7-11H,4-6H2,1-3H3. The monoisotopic (exact) mass is 773 g/mol. The lowest BCUT2D eigenvalue weighted by molar-refractivity contribution is -0.225. The van der Waals surface area contributed by atoms with Gasteiger partial charge in [0, 0.05) is 18.3 Å². The van der Waals surface area contributed by atoms with Crippen molar-refractivity contribution in [3.8, 4) is 0 Å². The molecule has 8 fully saturated rings. The van der Waals surface area contributed by atoms with E-state index in [1.165, 1.54) is 32.1 Å². The molecule has 1 heterocycles. The van der Waals surface area contributed by atoms with Gasteiger partial charge in [-0.1, -0.05) is 40.5 Å². The Labute approximate surface area is 332 Å². The average molecular weight is 773 g/mol. The van der Waals surface area contributed by atoms with Gasteiger partial charge in [-0.15, -0.1) is 0 Å². The molecule has 0 spiro atoms. The fraction of sp³-hybridized carbons (Fsp3) is 0.913. The highest BCUT2D eigenvalue weighted by Gasteiger charge is 2.64. The zero-order chi connectivity index (χ0) is 40.9. The van der Waals surface area contributed by atoms with Crippen molar-refractivity contribution in [2.24, 2.45) is 57.7 Å². The highest BCUT2D eigenvalue weighted by atomic mass is 16.6. The van der Waals surface area contributed by atoms with E-state index in [1.54, 1.807) is 0 Å². The molecule has 0 aromatic rings. The van der Waals surface area contributed by atoms with E-state index in [0.29, 0.717) is 36.0 Å². The molecule has 7 aliphatic carbocycles. The molecule has 0 amide bonds. The first-order chi connectivity index (χ1) is 25.4. The highest BCUT2D eigenvalue weighted by Crippen LogP contribution is 2.59. The van der Waals surface area contributed by atoms with Crippen LogP contribution in [0.3, 0.4) is 0 Å².